The minimum atomic E-state index is -4.66. The first kappa shape index (κ1) is 19.2. The number of hydrogen-bond donors (Lipinski definition) is 1. The Labute approximate surface area is 156 Å². The Kier molecular flexibility index (Phi) is 4.85. The van der Waals surface area contributed by atoms with Gasteiger partial charge in [0.05, 0.1) is 26.2 Å². The summed E-state index contributed by atoms with van der Waals surface area (Å²) in [6.07, 6.45) is -5.08. The maximum Gasteiger partial charge on any atom is 0.410 e. The number of hydrogen-bond acceptors (Lipinski definition) is 6. The highest BCUT2D eigenvalue weighted by atomic mass is 35.5. The number of rotatable bonds is 4. The molecule has 146 valence electrons. The molecule has 27 heavy (non-hydrogen) atoms. The Morgan fingerprint density at radius 1 is 1.33 bits per heavy atom. The Bertz CT molecular complexity index is 885. The molecule has 0 bridgehead atoms. The van der Waals surface area contributed by atoms with Crippen molar-refractivity contribution < 1.29 is 32.5 Å². The molecule has 1 N–H and O–H groups in total. The lowest BCUT2D eigenvalue weighted by Gasteiger charge is -2.33. The summed E-state index contributed by atoms with van der Waals surface area (Å²) < 4.78 is 51.6. The fourth-order valence-electron chi connectivity index (χ4n) is 3.01. The van der Waals surface area contributed by atoms with Gasteiger partial charge in [-0.15, -0.1) is 0 Å². The molecule has 2 heterocycles. The molecule has 1 aromatic heterocycles. The normalized spacial score (nSPS) is 19.2. The molecule has 1 aliphatic heterocycles. The number of carboxylic acid groups (broad SMARTS) is 1. The van der Waals surface area contributed by atoms with Crippen molar-refractivity contribution in [1.29, 1.82) is 0 Å². The van der Waals surface area contributed by atoms with Crippen LogP contribution in [-0.2, 0) is 0 Å². The lowest BCUT2D eigenvalue weighted by molar-refractivity contribution is -0.255. The van der Waals surface area contributed by atoms with Gasteiger partial charge in [0.25, 0.3) is 0 Å². The van der Waals surface area contributed by atoms with Crippen LogP contribution < -0.4 is 19.9 Å². The smallest absolute Gasteiger partial charge is 0.410 e. The van der Waals surface area contributed by atoms with E-state index in [0.717, 1.165) is 0 Å². The van der Waals surface area contributed by atoms with Crippen LogP contribution in [0.25, 0.3) is 0 Å². The standard InChI is InChI=1S/C16H15ClF3N3O4/c1-26-9-4-3-7(5-10(9)27-2)8-6-11(16(18,19)20)23-14(21-8)12(17)13(22-23)15(24)25/h3-5,8,11,21H,6H2,1-2H3,(H,24,25)/p-1/t8-,11+/m0/s1. The minimum absolute atomic E-state index is 0.232. The maximum atomic E-state index is 13.6. The van der Waals surface area contributed by atoms with Crippen LogP contribution in [0.2, 0.25) is 5.02 Å². The number of aromatic nitrogens is 2. The Morgan fingerprint density at radius 2 is 2.00 bits per heavy atom. The number of alkyl halides is 3. The van der Waals surface area contributed by atoms with Crippen molar-refractivity contribution >= 4 is 23.4 Å². The van der Waals surface area contributed by atoms with Crippen LogP contribution in [0.15, 0.2) is 18.2 Å². The summed E-state index contributed by atoms with van der Waals surface area (Å²) in [5.41, 5.74) is -0.262. The summed E-state index contributed by atoms with van der Waals surface area (Å²) in [6.45, 7) is 0. The molecule has 1 aromatic carbocycles. The number of nitrogens with one attached hydrogen (secondary N) is 1. The molecule has 0 saturated carbocycles. The van der Waals surface area contributed by atoms with E-state index in [9.17, 15) is 23.1 Å². The van der Waals surface area contributed by atoms with Gasteiger partial charge in [0.2, 0.25) is 0 Å². The van der Waals surface area contributed by atoms with Crippen molar-refractivity contribution in [2.75, 3.05) is 19.5 Å². The second-order valence-electron chi connectivity index (χ2n) is 5.85. The lowest BCUT2D eigenvalue weighted by atomic mass is 9.96. The Balaban J connectivity index is 2.07. The third kappa shape index (κ3) is 3.36. The number of fused-ring (bicyclic) bond motifs is 1. The maximum absolute atomic E-state index is 13.6. The van der Waals surface area contributed by atoms with Gasteiger partial charge in [-0.3, -0.25) is 0 Å². The molecule has 3 rings (SSSR count). The van der Waals surface area contributed by atoms with Crippen LogP contribution in [0, 0.1) is 0 Å². The monoisotopic (exact) mass is 404 g/mol. The number of halogens is 4. The number of anilines is 1. The van der Waals surface area contributed by atoms with E-state index in [0.29, 0.717) is 21.7 Å². The summed E-state index contributed by atoms with van der Waals surface area (Å²) in [4.78, 5) is 11.1. The number of carboxylic acids is 1. The van der Waals surface area contributed by atoms with Crippen molar-refractivity contribution in [2.24, 2.45) is 0 Å². The molecule has 2 atom stereocenters. The van der Waals surface area contributed by atoms with Gasteiger partial charge in [0, 0.05) is 6.42 Å². The van der Waals surface area contributed by atoms with Crippen LogP contribution in [0.1, 0.15) is 34.6 Å². The second-order valence-corrected chi connectivity index (χ2v) is 6.23. The van der Waals surface area contributed by atoms with Crippen molar-refractivity contribution in [3.05, 3.63) is 34.5 Å². The summed E-state index contributed by atoms with van der Waals surface area (Å²) in [5.74, 6) is -1.22. The summed E-state index contributed by atoms with van der Waals surface area (Å²) in [6, 6.07) is 1.83. The molecule has 0 spiro atoms. The van der Waals surface area contributed by atoms with Crippen molar-refractivity contribution in [3.8, 4) is 11.5 Å². The third-order valence-electron chi connectivity index (χ3n) is 4.30. The molecule has 1 aliphatic rings. The van der Waals surface area contributed by atoms with Crippen molar-refractivity contribution in [1.82, 2.24) is 9.78 Å². The number of aromatic carboxylic acids is 1. The molecule has 0 unspecified atom stereocenters. The minimum Gasteiger partial charge on any atom is -0.543 e. The lowest BCUT2D eigenvalue weighted by Crippen LogP contribution is -2.36. The summed E-state index contributed by atoms with van der Waals surface area (Å²) >= 11 is 5.93. The predicted molar refractivity (Wildman–Crippen MR) is 87.2 cm³/mol. The number of methoxy groups -OCH3 is 2. The van der Waals surface area contributed by atoms with Crippen LogP contribution in [0.3, 0.4) is 0 Å². The van der Waals surface area contributed by atoms with E-state index in [2.05, 4.69) is 10.4 Å². The second kappa shape index (κ2) is 6.84. The highest BCUT2D eigenvalue weighted by Gasteiger charge is 2.47. The summed E-state index contributed by atoms with van der Waals surface area (Å²) in [7, 11) is 2.85. The predicted octanol–water partition coefficient (Wildman–Crippen LogP) is 2.58. The van der Waals surface area contributed by atoms with E-state index in [4.69, 9.17) is 21.1 Å². The fourth-order valence-corrected chi connectivity index (χ4v) is 3.26. The zero-order valence-corrected chi connectivity index (χ0v) is 14.9. The molecule has 0 amide bonds. The van der Waals surface area contributed by atoms with Crippen LogP contribution >= 0.6 is 11.6 Å². The van der Waals surface area contributed by atoms with E-state index in [-0.39, 0.29) is 5.82 Å². The number of benzene rings is 1. The Morgan fingerprint density at radius 3 is 2.56 bits per heavy atom. The van der Waals surface area contributed by atoms with Gasteiger partial charge < -0.3 is 24.7 Å². The molecular formula is C16H14ClF3N3O4-. The first-order chi connectivity index (χ1) is 12.7. The Hall–Kier alpha value is -2.62. The van der Waals surface area contributed by atoms with E-state index in [1.54, 1.807) is 18.2 Å². The van der Waals surface area contributed by atoms with Gasteiger partial charge in [-0.1, -0.05) is 17.7 Å². The molecule has 0 aliphatic carbocycles. The SMILES string of the molecule is COc1ccc([C@@H]2C[C@H](C(F)(F)F)n3nc(C(=O)[O-])c(Cl)c3N2)cc1OC. The van der Waals surface area contributed by atoms with Crippen LogP contribution in [0.5, 0.6) is 11.5 Å². The average molecular weight is 405 g/mol. The van der Waals surface area contributed by atoms with Crippen LogP contribution in [-0.4, -0.2) is 36.1 Å². The number of ether oxygens (including phenoxy) is 2. The number of carbonyl (C=O) groups is 1. The first-order valence-corrected chi connectivity index (χ1v) is 8.09. The van der Waals surface area contributed by atoms with Gasteiger partial charge in [-0.25, -0.2) is 4.68 Å². The summed E-state index contributed by atoms with van der Waals surface area (Å²) in [5, 5.41) is 17.0. The highest BCUT2D eigenvalue weighted by molar-refractivity contribution is 6.35. The van der Waals surface area contributed by atoms with Crippen molar-refractivity contribution in [2.45, 2.75) is 24.7 Å². The zero-order chi connectivity index (χ0) is 19.9. The van der Waals surface area contributed by atoms with Gasteiger partial charge in [-0.05, 0) is 17.7 Å². The molecule has 7 nitrogen and oxygen atoms in total. The zero-order valence-electron chi connectivity index (χ0n) is 14.1. The van der Waals surface area contributed by atoms with Gasteiger partial charge >= 0.3 is 6.18 Å². The molecule has 0 radical (unpaired) electrons. The molecule has 0 fully saturated rings. The quantitative estimate of drug-likeness (QED) is 0.842. The first-order valence-electron chi connectivity index (χ1n) is 7.71. The van der Waals surface area contributed by atoms with E-state index >= 15 is 0 Å². The molecular weight excluding hydrogens is 391 g/mol. The number of nitrogens with zero attached hydrogens (tertiary/aromatic N) is 2. The fraction of sp³-hybridized carbons (Fsp3) is 0.375. The molecule has 0 saturated heterocycles. The topological polar surface area (TPSA) is 88.4 Å². The average Bonchev–Trinajstić information content (AvgIpc) is 2.96. The third-order valence-corrected chi connectivity index (χ3v) is 4.66. The van der Waals surface area contributed by atoms with Crippen LogP contribution in [0.4, 0.5) is 19.0 Å². The van der Waals surface area contributed by atoms with E-state index in [1.807, 2.05) is 0 Å². The van der Waals surface area contributed by atoms with E-state index < -0.39 is 41.4 Å². The number of carbonyl (C=O) groups excluding carboxylic acids is 1. The van der Waals surface area contributed by atoms with Gasteiger partial charge in [0.15, 0.2) is 17.5 Å². The molecule has 11 heteroatoms. The largest absolute Gasteiger partial charge is 0.543 e. The van der Waals surface area contributed by atoms with Gasteiger partial charge in [0.1, 0.15) is 16.5 Å². The molecule has 2 aromatic rings. The van der Waals surface area contributed by atoms with Crippen molar-refractivity contribution in [3.63, 3.8) is 0 Å². The van der Waals surface area contributed by atoms with E-state index in [1.165, 1.54) is 14.2 Å². The van der Waals surface area contributed by atoms with Gasteiger partial charge in [-0.2, -0.15) is 18.3 Å². The highest BCUT2D eigenvalue weighted by Crippen LogP contribution is 2.46.